The normalized spacial score (nSPS) is 23.7. The molecule has 0 unspecified atom stereocenters. The van der Waals surface area contributed by atoms with Crippen molar-refractivity contribution in [3.8, 4) is 0 Å². The molecular weight excluding hydrogens is 508 g/mol. The number of para-hydroxylation sites is 1. The highest BCUT2D eigenvalue weighted by Crippen LogP contribution is 2.45. The number of aromatic nitrogens is 1. The number of likely N-dealkylation sites (tertiary alicyclic amines) is 1. The number of nitrogens with one attached hydrogen (secondary N) is 1. The van der Waals surface area contributed by atoms with Gasteiger partial charge in [0.2, 0.25) is 0 Å². The summed E-state index contributed by atoms with van der Waals surface area (Å²) in [7, 11) is 0. The van der Waals surface area contributed by atoms with E-state index in [9.17, 15) is 13.6 Å². The van der Waals surface area contributed by atoms with Crippen molar-refractivity contribution in [2.24, 2.45) is 5.41 Å². The average Bonchev–Trinajstić information content (AvgIpc) is 3.46. The molecule has 1 N–H and O–H groups in total. The lowest BCUT2D eigenvalue weighted by Gasteiger charge is -2.42. The summed E-state index contributed by atoms with van der Waals surface area (Å²) in [5.74, 6) is -1.43. The number of fused-ring (bicyclic) bond motifs is 3. The number of aromatic amines is 1. The molecule has 3 aliphatic heterocycles. The van der Waals surface area contributed by atoms with E-state index in [0.717, 1.165) is 55.1 Å². The minimum absolute atomic E-state index is 0.149. The quantitative estimate of drug-likeness (QED) is 0.328. The molecular formula is C30H34F4N4O. The molecule has 0 radical (unpaired) electrons. The standard InChI is InChI=1S/C30H34F4N4O/c1-19-14-22-21-4-2-3-5-25(21)35-28(22)29(38(19)17-26(33)34)27-23(31)15-20(16-24(27)32)37-10-7-30(8-11-37)6-9-36(18-30)12-13-39/h2-5,13,15-16,19,26,29,35H,6-12,14,17-18H2,1H3/t19-,29-/m1/s1. The molecule has 39 heavy (non-hydrogen) atoms. The Bertz CT molecular complexity index is 1340. The van der Waals surface area contributed by atoms with E-state index in [0.29, 0.717) is 37.4 Å². The van der Waals surface area contributed by atoms with Crippen molar-refractivity contribution in [1.82, 2.24) is 14.8 Å². The van der Waals surface area contributed by atoms with Crippen molar-refractivity contribution in [3.63, 3.8) is 0 Å². The number of halogens is 4. The smallest absolute Gasteiger partial charge is 0.251 e. The maximum absolute atomic E-state index is 15.9. The number of hydrogen-bond donors (Lipinski definition) is 1. The lowest BCUT2D eigenvalue weighted by molar-refractivity contribution is -0.108. The van der Waals surface area contributed by atoms with Gasteiger partial charge in [0, 0.05) is 53.5 Å². The maximum atomic E-state index is 15.9. The molecule has 2 atom stereocenters. The minimum atomic E-state index is -2.63. The Morgan fingerprint density at radius 2 is 1.77 bits per heavy atom. The predicted molar refractivity (Wildman–Crippen MR) is 143 cm³/mol. The summed E-state index contributed by atoms with van der Waals surface area (Å²) < 4.78 is 59.3. The van der Waals surface area contributed by atoms with Gasteiger partial charge in [-0.05, 0) is 68.3 Å². The zero-order valence-corrected chi connectivity index (χ0v) is 22.1. The van der Waals surface area contributed by atoms with Crippen LogP contribution in [0.3, 0.4) is 0 Å². The molecule has 0 saturated carbocycles. The van der Waals surface area contributed by atoms with E-state index < -0.39 is 30.6 Å². The van der Waals surface area contributed by atoms with Crippen LogP contribution in [0, 0.1) is 17.0 Å². The lowest BCUT2D eigenvalue weighted by atomic mass is 9.77. The lowest BCUT2D eigenvalue weighted by Crippen LogP contribution is -2.45. The van der Waals surface area contributed by atoms with E-state index in [1.165, 1.54) is 17.0 Å². The third-order valence-corrected chi connectivity index (χ3v) is 9.24. The zero-order valence-electron chi connectivity index (χ0n) is 22.1. The molecule has 4 heterocycles. The molecule has 6 rings (SSSR count). The second-order valence-electron chi connectivity index (χ2n) is 11.6. The Kier molecular flexibility index (Phi) is 6.91. The molecule has 9 heteroatoms. The number of anilines is 1. The fourth-order valence-electron chi connectivity index (χ4n) is 7.21. The summed E-state index contributed by atoms with van der Waals surface area (Å²) in [6.07, 6.45) is 1.65. The third-order valence-electron chi connectivity index (χ3n) is 9.24. The first-order valence-electron chi connectivity index (χ1n) is 13.8. The first kappa shape index (κ1) is 26.3. The maximum Gasteiger partial charge on any atom is 0.251 e. The molecule has 1 spiro atoms. The van der Waals surface area contributed by atoms with Crippen molar-refractivity contribution in [2.45, 2.75) is 51.1 Å². The number of rotatable bonds is 6. The van der Waals surface area contributed by atoms with Crippen molar-refractivity contribution < 1.29 is 22.4 Å². The van der Waals surface area contributed by atoms with E-state index in [4.69, 9.17) is 0 Å². The Labute approximate surface area is 225 Å². The number of carbonyl (C=O) groups excluding carboxylic acids is 1. The number of benzene rings is 2. The molecule has 2 aromatic carbocycles. The van der Waals surface area contributed by atoms with Crippen LogP contribution in [0.25, 0.3) is 10.9 Å². The van der Waals surface area contributed by atoms with Gasteiger partial charge in [-0.15, -0.1) is 0 Å². The molecule has 208 valence electrons. The highest BCUT2D eigenvalue weighted by Gasteiger charge is 2.42. The monoisotopic (exact) mass is 542 g/mol. The molecule has 5 nitrogen and oxygen atoms in total. The Balaban J connectivity index is 1.32. The average molecular weight is 543 g/mol. The van der Waals surface area contributed by atoms with Crippen LogP contribution in [-0.4, -0.2) is 72.8 Å². The summed E-state index contributed by atoms with van der Waals surface area (Å²) in [6.45, 7) is 4.86. The number of alkyl halides is 2. The molecule has 2 fully saturated rings. The molecule has 2 saturated heterocycles. The zero-order chi connectivity index (χ0) is 27.3. The molecule has 0 bridgehead atoms. The number of H-pyrrole nitrogens is 1. The van der Waals surface area contributed by atoms with Gasteiger partial charge in [0.1, 0.15) is 17.9 Å². The van der Waals surface area contributed by atoms with Gasteiger partial charge < -0.3 is 14.7 Å². The number of hydrogen-bond acceptors (Lipinski definition) is 4. The first-order chi connectivity index (χ1) is 18.8. The fraction of sp³-hybridized carbons (Fsp3) is 0.500. The van der Waals surface area contributed by atoms with Gasteiger partial charge >= 0.3 is 0 Å². The van der Waals surface area contributed by atoms with Crippen LogP contribution in [-0.2, 0) is 11.2 Å². The molecule has 1 aromatic heterocycles. The van der Waals surface area contributed by atoms with Crippen molar-refractivity contribution in [1.29, 1.82) is 0 Å². The summed E-state index contributed by atoms with van der Waals surface area (Å²) in [6, 6.07) is 9.07. The summed E-state index contributed by atoms with van der Waals surface area (Å²) in [5.41, 5.74) is 2.78. The van der Waals surface area contributed by atoms with Gasteiger partial charge in [-0.2, -0.15) is 0 Å². The van der Waals surface area contributed by atoms with Crippen LogP contribution in [0.5, 0.6) is 0 Å². The van der Waals surface area contributed by atoms with E-state index in [-0.39, 0.29) is 17.0 Å². The third kappa shape index (κ3) is 4.73. The Hall–Kier alpha value is -2.91. The molecule has 0 aliphatic carbocycles. The summed E-state index contributed by atoms with van der Waals surface area (Å²) >= 11 is 0. The van der Waals surface area contributed by atoms with Crippen LogP contribution in [0.15, 0.2) is 36.4 Å². The van der Waals surface area contributed by atoms with Crippen LogP contribution in [0.2, 0.25) is 0 Å². The number of aldehydes is 1. The summed E-state index contributed by atoms with van der Waals surface area (Å²) in [5, 5.41) is 0.958. The van der Waals surface area contributed by atoms with Gasteiger partial charge in [-0.1, -0.05) is 18.2 Å². The first-order valence-corrected chi connectivity index (χ1v) is 13.8. The summed E-state index contributed by atoms with van der Waals surface area (Å²) in [4.78, 5) is 19.9. The molecule has 3 aromatic rings. The van der Waals surface area contributed by atoms with Gasteiger partial charge in [-0.3, -0.25) is 9.80 Å². The van der Waals surface area contributed by atoms with Crippen LogP contribution >= 0.6 is 0 Å². The van der Waals surface area contributed by atoms with E-state index >= 15 is 8.78 Å². The Morgan fingerprint density at radius 1 is 1.08 bits per heavy atom. The van der Waals surface area contributed by atoms with E-state index in [1.807, 2.05) is 36.1 Å². The van der Waals surface area contributed by atoms with E-state index in [2.05, 4.69) is 9.88 Å². The van der Waals surface area contributed by atoms with Crippen LogP contribution < -0.4 is 4.90 Å². The van der Waals surface area contributed by atoms with Crippen molar-refractivity contribution >= 4 is 22.9 Å². The second-order valence-corrected chi connectivity index (χ2v) is 11.6. The molecule has 3 aliphatic rings. The largest absolute Gasteiger partial charge is 0.371 e. The van der Waals surface area contributed by atoms with Crippen LogP contribution in [0.4, 0.5) is 23.2 Å². The van der Waals surface area contributed by atoms with Gasteiger partial charge in [-0.25, -0.2) is 17.6 Å². The van der Waals surface area contributed by atoms with Crippen molar-refractivity contribution in [3.05, 3.63) is 64.9 Å². The van der Waals surface area contributed by atoms with Crippen molar-refractivity contribution in [2.75, 3.05) is 44.2 Å². The van der Waals surface area contributed by atoms with Gasteiger partial charge in [0.05, 0.1) is 19.1 Å². The highest BCUT2D eigenvalue weighted by molar-refractivity contribution is 5.85. The number of carbonyl (C=O) groups is 1. The topological polar surface area (TPSA) is 42.6 Å². The van der Waals surface area contributed by atoms with E-state index in [1.54, 1.807) is 0 Å². The van der Waals surface area contributed by atoms with Gasteiger partial charge in [0.15, 0.2) is 0 Å². The Morgan fingerprint density at radius 3 is 2.46 bits per heavy atom. The highest BCUT2D eigenvalue weighted by atomic mass is 19.3. The SMILES string of the molecule is C[C@@H]1Cc2c([nH]c3ccccc23)[C@@H](c2c(F)cc(N3CCC4(CCN(CC=O)C4)CC3)cc2F)N1CC(F)F. The molecule has 0 amide bonds. The van der Waals surface area contributed by atoms with Gasteiger partial charge in [0.25, 0.3) is 6.43 Å². The fourth-order valence-corrected chi connectivity index (χ4v) is 7.21. The second kappa shape index (κ2) is 10.2. The number of piperidine rings is 1. The van der Waals surface area contributed by atoms with Crippen LogP contribution in [0.1, 0.15) is 49.0 Å². The number of nitrogens with zero attached hydrogens (tertiary/aromatic N) is 3. The minimum Gasteiger partial charge on any atom is -0.371 e. The predicted octanol–water partition coefficient (Wildman–Crippen LogP) is 5.54.